The smallest absolute Gasteiger partial charge is 0.256 e. The first-order chi connectivity index (χ1) is 14.4. The molecule has 9 nitrogen and oxygen atoms in total. The van der Waals surface area contributed by atoms with Crippen LogP contribution in [0.25, 0.3) is 10.9 Å². The summed E-state index contributed by atoms with van der Waals surface area (Å²) in [5.74, 6) is -0.483. The Morgan fingerprint density at radius 3 is 2.60 bits per heavy atom. The number of nitrogens with one attached hydrogen (secondary N) is 2. The van der Waals surface area contributed by atoms with Gasteiger partial charge in [0.1, 0.15) is 5.56 Å². The Hall–Kier alpha value is -2.27. The molecule has 0 atom stereocenters. The third-order valence-corrected chi connectivity index (χ3v) is 7.30. The second-order valence-electron chi connectivity index (χ2n) is 7.04. The van der Waals surface area contributed by atoms with Crippen molar-refractivity contribution in [3.05, 3.63) is 40.2 Å². The lowest BCUT2D eigenvalue weighted by molar-refractivity contribution is 0.0383. The first kappa shape index (κ1) is 22.4. The number of morpholine rings is 1. The Balaban J connectivity index is 1.82. The minimum atomic E-state index is -3.70. The average Bonchev–Trinajstić information content (AvgIpc) is 2.75. The van der Waals surface area contributed by atoms with Gasteiger partial charge in [-0.25, -0.2) is 8.42 Å². The highest BCUT2D eigenvalue weighted by Gasteiger charge is 2.23. The van der Waals surface area contributed by atoms with Gasteiger partial charge in [-0.05, 0) is 18.2 Å². The Labute approximate surface area is 176 Å². The maximum atomic E-state index is 12.9. The van der Waals surface area contributed by atoms with Crippen LogP contribution in [-0.4, -0.2) is 81.0 Å². The van der Waals surface area contributed by atoms with Gasteiger partial charge in [-0.15, -0.1) is 0 Å². The van der Waals surface area contributed by atoms with Crippen molar-refractivity contribution in [2.75, 3.05) is 52.5 Å². The molecule has 1 aromatic carbocycles. The van der Waals surface area contributed by atoms with E-state index in [0.717, 1.165) is 13.1 Å². The van der Waals surface area contributed by atoms with Gasteiger partial charge < -0.3 is 15.0 Å². The van der Waals surface area contributed by atoms with E-state index in [0.29, 0.717) is 44.9 Å². The molecule has 30 heavy (non-hydrogen) atoms. The van der Waals surface area contributed by atoms with Crippen LogP contribution in [0.1, 0.15) is 24.2 Å². The van der Waals surface area contributed by atoms with Crippen molar-refractivity contribution in [3.63, 3.8) is 0 Å². The molecular weight excluding hydrogens is 408 g/mol. The Bertz CT molecular complexity index is 1060. The normalized spacial score (nSPS) is 15.6. The summed E-state index contributed by atoms with van der Waals surface area (Å²) in [5, 5.41) is 2.94. The van der Waals surface area contributed by atoms with Crippen LogP contribution in [0.3, 0.4) is 0 Å². The molecule has 2 heterocycles. The van der Waals surface area contributed by atoms with Crippen molar-refractivity contribution in [1.82, 2.24) is 19.5 Å². The van der Waals surface area contributed by atoms with E-state index in [2.05, 4.69) is 15.2 Å². The van der Waals surface area contributed by atoms with Crippen LogP contribution in [0.5, 0.6) is 0 Å². The van der Waals surface area contributed by atoms with E-state index in [4.69, 9.17) is 4.74 Å². The van der Waals surface area contributed by atoms with Crippen LogP contribution < -0.4 is 10.7 Å². The molecule has 3 rings (SSSR count). The van der Waals surface area contributed by atoms with Crippen molar-refractivity contribution in [2.24, 2.45) is 0 Å². The van der Waals surface area contributed by atoms with Gasteiger partial charge in [0.05, 0.1) is 18.1 Å². The molecule has 1 amide bonds. The molecule has 0 aliphatic carbocycles. The van der Waals surface area contributed by atoms with Crippen LogP contribution in [0.4, 0.5) is 0 Å². The van der Waals surface area contributed by atoms with E-state index in [9.17, 15) is 18.0 Å². The fourth-order valence-electron chi connectivity index (χ4n) is 3.49. The monoisotopic (exact) mass is 436 g/mol. The average molecular weight is 437 g/mol. The first-order valence-electron chi connectivity index (χ1n) is 10.1. The molecule has 0 radical (unpaired) electrons. The van der Waals surface area contributed by atoms with Crippen LogP contribution in [0.15, 0.2) is 34.1 Å². The number of carbonyl (C=O) groups is 1. The molecule has 164 valence electrons. The highest BCUT2D eigenvalue weighted by atomic mass is 32.2. The maximum absolute atomic E-state index is 12.9. The van der Waals surface area contributed by atoms with Gasteiger partial charge in [0.25, 0.3) is 5.91 Å². The molecule has 2 N–H and O–H groups in total. The summed E-state index contributed by atoms with van der Waals surface area (Å²) in [6, 6.07) is 4.35. The van der Waals surface area contributed by atoms with E-state index in [1.165, 1.54) is 22.6 Å². The van der Waals surface area contributed by atoms with E-state index >= 15 is 0 Å². The number of H-pyrrole nitrogens is 1. The second kappa shape index (κ2) is 9.69. The van der Waals surface area contributed by atoms with E-state index in [-0.39, 0.29) is 15.8 Å². The summed E-state index contributed by atoms with van der Waals surface area (Å²) in [4.78, 5) is 30.6. The predicted octanol–water partition coefficient (Wildman–Crippen LogP) is 0.621. The third kappa shape index (κ3) is 4.72. The highest BCUT2D eigenvalue weighted by molar-refractivity contribution is 7.89. The first-order valence-corrected chi connectivity index (χ1v) is 11.6. The molecule has 1 aromatic heterocycles. The molecule has 0 saturated carbocycles. The molecule has 0 bridgehead atoms. The number of benzene rings is 1. The lowest BCUT2D eigenvalue weighted by atomic mass is 10.1. The molecule has 1 aliphatic rings. The number of hydrogen-bond acceptors (Lipinski definition) is 6. The number of amides is 1. The number of aromatic nitrogens is 1. The minimum Gasteiger partial charge on any atom is -0.379 e. The van der Waals surface area contributed by atoms with E-state index in [1.807, 2.05) is 0 Å². The van der Waals surface area contributed by atoms with Gasteiger partial charge >= 0.3 is 0 Å². The Morgan fingerprint density at radius 1 is 1.23 bits per heavy atom. The van der Waals surface area contributed by atoms with Gasteiger partial charge in [-0.1, -0.05) is 13.8 Å². The summed E-state index contributed by atoms with van der Waals surface area (Å²) < 4.78 is 32.2. The highest BCUT2D eigenvalue weighted by Crippen LogP contribution is 2.19. The lowest BCUT2D eigenvalue weighted by Crippen LogP contribution is -2.41. The zero-order valence-corrected chi connectivity index (χ0v) is 18.1. The number of fused-ring (bicyclic) bond motifs is 1. The van der Waals surface area contributed by atoms with Gasteiger partial charge in [0.2, 0.25) is 15.5 Å². The van der Waals surface area contributed by atoms with E-state index < -0.39 is 21.4 Å². The fourth-order valence-corrected chi connectivity index (χ4v) is 4.97. The zero-order valence-electron chi connectivity index (χ0n) is 17.3. The summed E-state index contributed by atoms with van der Waals surface area (Å²) in [6.45, 7) is 8.25. The maximum Gasteiger partial charge on any atom is 0.256 e. The number of pyridine rings is 1. The number of sulfonamides is 1. The second-order valence-corrected chi connectivity index (χ2v) is 8.98. The van der Waals surface area contributed by atoms with Crippen molar-refractivity contribution in [3.8, 4) is 0 Å². The fraction of sp³-hybridized carbons (Fsp3) is 0.500. The summed E-state index contributed by atoms with van der Waals surface area (Å²) >= 11 is 0. The number of aromatic amines is 1. The summed E-state index contributed by atoms with van der Waals surface area (Å²) in [5.41, 5.74) is -0.0607. The molecular formula is C20H28N4O5S. The molecule has 1 fully saturated rings. The minimum absolute atomic E-state index is 0.0362. The molecule has 0 spiro atoms. The number of carbonyl (C=O) groups excluding carboxylic acids is 1. The lowest BCUT2D eigenvalue weighted by Gasteiger charge is -2.26. The van der Waals surface area contributed by atoms with Crippen LogP contribution in [0.2, 0.25) is 0 Å². The van der Waals surface area contributed by atoms with Gasteiger partial charge in [-0.3, -0.25) is 14.5 Å². The third-order valence-electron chi connectivity index (χ3n) is 5.26. The topological polar surface area (TPSA) is 112 Å². The Kier molecular flexibility index (Phi) is 7.24. The molecule has 0 unspecified atom stereocenters. The van der Waals surface area contributed by atoms with Gasteiger partial charge in [0.15, 0.2) is 0 Å². The quantitative estimate of drug-likeness (QED) is 0.628. The zero-order chi connectivity index (χ0) is 21.7. The molecule has 2 aromatic rings. The molecule has 10 heteroatoms. The molecule has 1 saturated heterocycles. The van der Waals surface area contributed by atoms with Crippen LogP contribution in [-0.2, 0) is 14.8 Å². The number of ether oxygens (including phenoxy) is 1. The van der Waals surface area contributed by atoms with E-state index in [1.54, 1.807) is 19.9 Å². The SMILES string of the molecule is CCN(CC)S(=O)(=O)c1ccc2[nH]cc(C(=O)NCCN3CCOCC3)c(=O)c2c1. The van der Waals surface area contributed by atoms with Gasteiger partial charge in [0, 0.05) is 56.4 Å². The predicted molar refractivity (Wildman–Crippen MR) is 114 cm³/mol. The summed E-state index contributed by atoms with van der Waals surface area (Å²) in [7, 11) is -3.70. The summed E-state index contributed by atoms with van der Waals surface area (Å²) in [6.07, 6.45) is 1.37. The van der Waals surface area contributed by atoms with Crippen molar-refractivity contribution >= 4 is 26.8 Å². The van der Waals surface area contributed by atoms with Gasteiger partial charge in [-0.2, -0.15) is 4.31 Å². The van der Waals surface area contributed by atoms with Crippen molar-refractivity contribution < 1.29 is 17.9 Å². The largest absolute Gasteiger partial charge is 0.379 e. The number of nitrogens with zero attached hydrogens (tertiary/aromatic N) is 2. The van der Waals surface area contributed by atoms with Crippen molar-refractivity contribution in [2.45, 2.75) is 18.7 Å². The van der Waals surface area contributed by atoms with Crippen molar-refractivity contribution in [1.29, 1.82) is 0 Å². The molecule has 1 aliphatic heterocycles. The Morgan fingerprint density at radius 2 is 1.93 bits per heavy atom. The number of rotatable bonds is 8. The van der Waals surface area contributed by atoms with Crippen LogP contribution in [0, 0.1) is 0 Å². The standard InChI is InChI=1S/C20H28N4O5S/c1-3-24(4-2)30(27,28)15-5-6-18-16(13-15)19(25)17(14-22-18)20(26)21-7-8-23-9-11-29-12-10-23/h5-6,13-14H,3-4,7-12H2,1-2H3,(H,21,26)(H,22,25). The van der Waals surface area contributed by atoms with Crippen LogP contribution >= 0.6 is 0 Å². The number of hydrogen-bond donors (Lipinski definition) is 2.